The molecule has 0 atom stereocenters. The van der Waals surface area contributed by atoms with Gasteiger partial charge in [-0.05, 0) is 0 Å². The SMILES string of the molecule is CN([C]=S)C#N. The van der Waals surface area contributed by atoms with E-state index in [2.05, 4.69) is 17.7 Å². The predicted molar refractivity (Wildman–Crippen MR) is 26.0 cm³/mol. The van der Waals surface area contributed by atoms with Crippen LogP contribution in [-0.4, -0.2) is 17.4 Å². The van der Waals surface area contributed by atoms with Crippen LogP contribution in [0.15, 0.2) is 0 Å². The van der Waals surface area contributed by atoms with E-state index >= 15 is 0 Å². The topological polar surface area (TPSA) is 27.0 Å². The summed E-state index contributed by atoms with van der Waals surface area (Å²) in [5.74, 6) is 0. The van der Waals surface area contributed by atoms with Crippen LogP contribution in [-0.2, 0) is 0 Å². The highest BCUT2D eigenvalue weighted by Gasteiger charge is 1.77. The van der Waals surface area contributed by atoms with E-state index in [0.29, 0.717) is 0 Å². The van der Waals surface area contributed by atoms with Crippen LogP contribution in [0, 0.1) is 11.5 Å². The Labute approximate surface area is 42.0 Å². The Balaban J connectivity index is 3.30. The molecule has 0 spiro atoms. The minimum atomic E-state index is 1.12. The fourth-order valence-corrected chi connectivity index (χ4v) is 0.0612. The summed E-state index contributed by atoms with van der Waals surface area (Å²) in [6.45, 7) is 0. The lowest BCUT2D eigenvalue weighted by atomic mass is 11.0. The van der Waals surface area contributed by atoms with E-state index < -0.39 is 0 Å². The summed E-state index contributed by atoms with van der Waals surface area (Å²) in [7, 11) is 1.53. The van der Waals surface area contributed by atoms with Crippen LogP contribution in [0.25, 0.3) is 0 Å². The number of nitriles is 1. The van der Waals surface area contributed by atoms with Crippen molar-refractivity contribution >= 4 is 17.7 Å². The van der Waals surface area contributed by atoms with Gasteiger partial charge in [0.25, 0.3) is 0 Å². The second-order valence-electron chi connectivity index (χ2n) is 0.750. The molecule has 0 aromatic rings. The molecule has 0 fully saturated rings. The summed E-state index contributed by atoms with van der Waals surface area (Å²) >= 11 is 4.23. The highest BCUT2D eigenvalue weighted by molar-refractivity contribution is 7.78. The average molecular weight is 99.1 g/mol. The van der Waals surface area contributed by atoms with Crippen molar-refractivity contribution in [1.29, 1.82) is 5.26 Å². The average Bonchev–Trinajstić information content (AvgIpc) is 1.65. The Kier molecular flexibility index (Phi) is 2.34. The molecule has 1 radical (unpaired) electrons. The molecule has 0 unspecified atom stereocenters. The Bertz CT molecular complexity index is 83.3. The molecule has 0 aliphatic rings. The maximum absolute atomic E-state index is 7.88. The zero-order valence-corrected chi connectivity index (χ0v) is 4.12. The van der Waals surface area contributed by atoms with Gasteiger partial charge in [0.2, 0.25) is 0 Å². The summed E-state index contributed by atoms with van der Waals surface area (Å²) in [6, 6.07) is 0. The molecule has 3 heteroatoms. The molecule has 2 nitrogen and oxygen atoms in total. The van der Waals surface area contributed by atoms with Crippen molar-refractivity contribution in [1.82, 2.24) is 4.90 Å². The van der Waals surface area contributed by atoms with Gasteiger partial charge in [0.1, 0.15) is 0 Å². The quantitative estimate of drug-likeness (QED) is 0.267. The Morgan fingerprint density at radius 3 is 2.33 bits per heavy atom. The van der Waals surface area contributed by atoms with Gasteiger partial charge >= 0.3 is 0 Å². The molecule has 0 saturated heterocycles. The van der Waals surface area contributed by atoms with Gasteiger partial charge in [0.05, 0.1) is 0 Å². The van der Waals surface area contributed by atoms with Crippen LogP contribution in [0.5, 0.6) is 0 Å². The van der Waals surface area contributed by atoms with Crippen molar-refractivity contribution in [2.45, 2.75) is 0 Å². The number of hydrogen-bond donors (Lipinski definition) is 0. The summed E-state index contributed by atoms with van der Waals surface area (Å²) in [4.78, 5) is 1.12. The normalized spacial score (nSPS) is 6.00. The van der Waals surface area contributed by atoms with Gasteiger partial charge in [-0.2, -0.15) is 5.26 Å². The predicted octanol–water partition coefficient (Wildman–Crippen LogP) is 0.233. The maximum atomic E-state index is 7.88. The second kappa shape index (κ2) is 2.61. The molecule has 0 aromatic carbocycles. The van der Waals surface area contributed by atoms with Crippen molar-refractivity contribution < 1.29 is 0 Å². The maximum Gasteiger partial charge on any atom is 0.184 e. The van der Waals surface area contributed by atoms with Gasteiger partial charge in [0, 0.05) is 7.05 Å². The van der Waals surface area contributed by atoms with Crippen LogP contribution in [0.4, 0.5) is 0 Å². The fraction of sp³-hybridized carbons (Fsp3) is 0.333. The molecule has 0 aliphatic heterocycles. The zero-order valence-electron chi connectivity index (χ0n) is 3.30. The van der Waals surface area contributed by atoms with Crippen LogP contribution < -0.4 is 0 Å². The van der Waals surface area contributed by atoms with E-state index in [1.54, 1.807) is 6.19 Å². The first-order valence-corrected chi connectivity index (χ1v) is 1.73. The van der Waals surface area contributed by atoms with Crippen LogP contribution in [0.1, 0.15) is 0 Å². The van der Waals surface area contributed by atoms with E-state index in [0.717, 1.165) is 4.90 Å². The molecule has 0 amide bonds. The molecular formula is C3H3N2S. The van der Waals surface area contributed by atoms with Crippen molar-refractivity contribution in [3.63, 3.8) is 0 Å². The van der Waals surface area contributed by atoms with Crippen molar-refractivity contribution in [2.24, 2.45) is 0 Å². The summed E-state index contributed by atoms with van der Waals surface area (Å²) < 4.78 is 0. The van der Waals surface area contributed by atoms with Gasteiger partial charge in [0.15, 0.2) is 11.7 Å². The molecule has 0 aliphatic carbocycles. The third-order valence-electron chi connectivity index (χ3n) is 0.287. The van der Waals surface area contributed by atoms with Gasteiger partial charge in [-0.1, -0.05) is 12.2 Å². The van der Waals surface area contributed by atoms with Crippen LogP contribution in [0.3, 0.4) is 0 Å². The Morgan fingerprint density at radius 1 is 1.83 bits per heavy atom. The van der Waals surface area contributed by atoms with E-state index in [9.17, 15) is 0 Å². The Morgan fingerprint density at radius 2 is 2.33 bits per heavy atom. The molecule has 0 aromatic heterocycles. The van der Waals surface area contributed by atoms with Gasteiger partial charge in [-0.15, -0.1) is 0 Å². The summed E-state index contributed by atoms with van der Waals surface area (Å²) in [6.07, 6.45) is 1.73. The van der Waals surface area contributed by atoms with Gasteiger partial charge in [-0.25, -0.2) is 0 Å². The van der Waals surface area contributed by atoms with Crippen molar-refractivity contribution in [2.75, 3.05) is 7.05 Å². The first kappa shape index (κ1) is 5.38. The third kappa shape index (κ3) is 1.68. The summed E-state index contributed by atoms with van der Waals surface area (Å²) in [5.41, 5.74) is 2.17. The zero-order chi connectivity index (χ0) is 4.99. The standard InChI is InChI=1S/C3H3N2S/c1-5(2-4)3-6/h1H3. The molecule has 0 heterocycles. The van der Waals surface area contributed by atoms with Gasteiger partial charge in [-0.3, -0.25) is 4.90 Å². The van der Waals surface area contributed by atoms with Crippen molar-refractivity contribution in [3.8, 4) is 6.19 Å². The second-order valence-corrected chi connectivity index (χ2v) is 0.933. The number of nitrogens with zero attached hydrogens (tertiary/aromatic N) is 2. The minimum Gasteiger partial charge on any atom is -0.270 e. The van der Waals surface area contributed by atoms with E-state index in [4.69, 9.17) is 5.26 Å². The van der Waals surface area contributed by atoms with E-state index in [1.807, 2.05) is 0 Å². The molecule has 0 N–H and O–H groups in total. The van der Waals surface area contributed by atoms with Gasteiger partial charge < -0.3 is 0 Å². The monoisotopic (exact) mass is 99.0 g/mol. The molecule has 0 saturated carbocycles. The molecule has 31 valence electrons. The minimum absolute atomic E-state index is 1.12. The highest BCUT2D eigenvalue weighted by atomic mass is 32.1. The summed E-state index contributed by atoms with van der Waals surface area (Å²) in [5, 5.41) is 7.88. The fourth-order valence-electron chi connectivity index (χ4n) is 0.0204. The lowest BCUT2D eigenvalue weighted by molar-refractivity contribution is 0.746. The van der Waals surface area contributed by atoms with Crippen molar-refractivity contribution in [3.05, 3.63) is 0 Å². The molecule has 6 heavy (non-hydrogen) atoms. The molecular weight excluding hydrogens is 96.1 g/mol. The van der Waals surface area contributed by atoms with E-state index in [-0.39, 0.29) is 0 Å². The first-order valence-electron chi connectivity index (χ1n) is 1.32. The van der Waals surface area contributed by atoms with Crippen LogP contribution >= 0.6 is 12.2 Å². The first-order chi connectivity index (χ1) is 2.81. The largest absolute Gasteiger partial charge is 0.270 e. The lowest BCUT2D eigenvalue weighted by Crippen LogP contribution is -2.03. The highest BCUT2D eigenvalue weighted by Crippen LogP contribution is 1.64. The number of rotatable bonds is 1. The van der Waals surface area contributed by atoms with Crippen LogP contribution in [0.2, 0.25) is 0 Å². The van der Waals surface area contributed by atoms with E-state index in [1.165, 1.54) is 7.05 Å². The molecule has 0 rings (SSSR count). The third-order valence-corrected chi connectivity index (χ3v) is 0.561. The lowest BCUT2D eigenvalue weighted by Gasteiger charge is -1.89. The molecule has 0 bridgehead atoms. The smallest absolute Gasteiger partial charge is 0.184 e. The number of hydrogen-bond acceptors (Lipinski definition) is 2. The number of thiocarbonyl (C=S) groups is 1. The Hall–Kier alpha value is -0.620.